The zero-order valence-corrected chi connectivity index (χ0v) is 10.1. The minimum atomic E-state index is -0.274. The van der Waals surface area contributed by atoms with Gasteiger partial charge in [0.1, 0.15) is 0 Å². The SMILES string of the molecule is O=C1c2ccncc2C(=O)N1CCc1ccccn1. The number of nitrogens with zero attached hydrogens (tertiary/aromatic N) is 3. The van der Waals surface area contributed by atoms with Gasteiger partial charge in [0.2, 0.25) is 0 Å². The van der Waals surface area contributed by atoms with Crippen molar-refractivity contribution in [3.63, 3.8) is 0 Å². The van der Waals surface area contributed by atoms with Gasteiger partial charge in [0.05, 0.1) is 11.1 Å². The number of amides is 2. The molecule has 0 aromatic carbocycles. The standard InChI is InChI=1S/C14H11N3O2/c18-13-11-4-7-15-9-12(11)14(19)17(13)8-5-10-3-1-2-6-16-10/h1-4,6-7,9H,5,8H2. The molecule has 0 radical (unpaired) electrons. The van der Waals surface area contributed by atoms with E-state index in [0.717, 1.165) is 5.69 Å². The highest BCUT2D eigenvalue weighted by atomic mass is 16.2. The number of carbonyl (C=O) groups is 2. The molecule has 3 rings (SSSR count). The maximum Gasteiger partial charge on any atom is 0.263 e. The molecule has 0 fully saturated rings. The molecule has 0 N–H and O–H groups in total. The van der Waals surface area contributed by atoms with Crippen LogP contribution >= 0.6 is 0 Å². The lowest BCUT2D eigenvalue weighted by molar-refractivity contribution is 0.0656. The van der Waals surface area contributed by atoms with Crippen LogP contribution in [0.5, 0.6) is 0 Å². The van der Waals surface area contributed by atoms with Crippen LogP contribution in [0.3, 0.4) is 0 Å². The predicted molar refractivity (Wildman–Crippen MR) is 67.5 cm³/mol. The third-order valence-electron chi connectivity index (χ3n) is 3.09. The Morgan fingerprint density at radius 1 is 1.00 bits per heavy atom. The minimum absolute atomic E-state index is 0.252. The van der Waals surface area contributed by atoms with Crippen molar-refractivity contribution >= 4 is 11.8 Å². The summed E-state index contributed by atoms with van der Waals surface area (Å²) in [5.74, 6) is -0.526. The summed E-state index contributed by atoms with van der Waals surface area (Å²) in [6.45, 7) is 0.337. The van der Waals surface area contributed by atoms with E-state index in [0.29, 0.717) is 24.1 Å². The highest BCUT2D eigenvalue weighted by Gasteiger charge is 2.35. The lowest BCUT2D eigenvalue weighted by atomic mass is 10.2. The molecule has 2 aromatic heterocycles. The van der Waals surface area contributed by atoms with Crippen LogP contribution in [0.15, 0.2) is 42.9 Å². The van der Waals surface area contributed by atoms with Gasteiger partial charge in [0.25, 0.3) is 11.8 Å². The van der Waals surface area contributed by atoms with Gasteiger partial charge in [0, 0.05) is 37.3 Å². The molecule has 0 atom stereocenters. The molecule has 0 aliphatic carbocycles. The summed E-state index contributed by atoms with van der Waals surface area (Å²) in [6, 6.07) is 7.17. The van der Waals surface area contributed by atoms with E-state index in [1.165, 1.54) is 17.3 Å². The molecule has 0 saturated heterocycles. The van der Waals surface area contributed by atoms with Gasteiger partial charge >= 0.3 is 0 Å². The Labute approximate surface area is 109 Å². The quantitative estimate of drug-likeness (QED) is 0.774. The Morgan fingerprint density at radius 2 is 1.84 bits per heavy atom. The Kier molecular flexibility index (Phi) is 2.79. The Balaban J connectivity index is 1.78. The second-order valence-corrected chi connectivity index (χ2v) is 4.25. The van der Waals surface area contributed by atoms with Gasteiger partial charge in [-0.2, -0.15) is 0 Å². The number of carbonyl (C=O) groups excluding carboxylic acids is 2. The van der Waals surface area contributed by atoms with Crippen molar-refractivity contribution in [3.05, 3.63) is 59.7 Å². The molecule has 1 aliphatic rings. The lowest BCUT2D eigenvalue weighted by Gasteiger charge is -2.12. The van der Waals surface area contributed by atoms with Gasteiger partial charge in [-0.05, 0) is 18.2 Å². The molecule has 1 aliphatic heterocycles. The van der Waals surface area contributed by atoms with Crippen LogP contribution in [-0.4, -0.2) is 33.2 Å². The molecule has 3 heterocycles. The molecule has 0 spiro atoms. The first kappa shape index (κ1) is 11.5. The van der Waals surface area contributed by atoms with Crippen LogP contribution in [-0.2, 0) is 6.42 Å². The highest BCUT2D eigenvalue weighted by Crippen LogP contribution is 2.21. The molecule has 94 valence electrons. The van der Waals surface area contributed by atoms with Crippen LogP contribution in [0.25, 0.3) is 0 Å². The number of pyridine rings is 2. The summed E-state index contributed by atoms with van der Waals surface area (Å²) in [5.41, 5.74) is 1.67. The first-order chi connectivity index (χ1) is 9.27. The largest absolute Gasteiger partial charge is 0.274 e. The van der Waals surface area contributed by atoms with E-state index in [1.54, 1.807) is 12.3 Å². The molecule has 5 heteroatoms. The van der Waals surface area contributed by atoms with Crippen LogP contribution < -0.4 is 0 Å². The van der Waals surface area contributed by atoms with Gasteiger partial charge in [-0.3, -0.25) is 24.5 Å². The predicted octanol–water partition coefficient (Wildman–Crippen LogP) is 1.32. The van der Waals surface area contributed by atoms with Gasteiger partial charge in [-0.15, -0.1) is 0 Å². The average molecular weight is 253 g/mol. The van der Waals surface area contributed by atoms with Gasteiger partial charge < -0.3 is 0 Å². The normalized spacial score (nSPS) is 13.8. The summed E-state index contributed by atoms with van der Waals surface area (Å²) in [5, 5.41) is 0. The smallest absolute Gasteiger partial charge is 0.263 e. The molecular weight excluding hydrogens is 242 g/mol. The molecule has 0 unspecified atom stereocenters. The van der Waals surface area contributed by atoms with E-state index >= 15 is 0 Å². The molecule has 0 bridgehead atoms. The van der Waals surface area contributed by atoms with Gasteiger partial charge in [-0.1, -0.05) is 6.07 Å². The van der Waals surface area contributed by atoms with E-state index < -0.39 is 0 Å². The number of hydrogen-bond acceptors (Lipinski definition) is 4. The number of fused-ring (bicyclic) bond motifs is 1. The molecule has 0 saturated carbocycles. The van der Waals surface area contributed by atoms with E-state index in [-0.39, 0.29) is 11.8 Å². The van der Waals surface area contributed by atoms with Crippen LogP contribution in [0.4, 0.5) is 0 Å². The van der Waals surface area contributed by atoms with Crippen molar-refractivity contribution in [1.29, 1.82) is 0 Å². The fourth-order valence-electron chi connectivity index (χ4n) is 2.11. The summed E-state index contributed by atoms with van der Waals surface area (Å²) in [7, 11) is 0. The second-order valence-electron chi connectivity index (χ2n) is 4.25. The second kappa shape index (κ2) is 4.61. The minimum Gasteiger partial charge on any atom is -0.274 e. The monoisotopic (exact) mass is 253 g/mol. The average Bonchev–Trinajstić information content (AvgIpc) is 2.71. The summed E-state index contributed by atoms with van der Waals surface area (Å²) in [6.07, 6.45) is 5.21. The maximum absolute atomic E-state index is 12.1. The van der Waals surface area contributed by atoms with Crippen molar-refractivity contribution in [2.75, 3.05) is 6.54 Å². The molecule has 5 nitrogen and oxygen atoms in total. The Morgan fingerprint density at radius 3 is 2.58 bits per heavy atom. The highest BCUT2D eigenvalue weighted by molar-refractivity contribution is 6.21. The van der Waals surface area contributed by atoms with E-state index in [2.05, 4.69) is 9.97 Å². The van der Waals surface area contributed by atoms with Crippen LogP contribution in [0.1, 0.15) is 26.4 Å². The summed E-state index contributed by atoms with van der Waals surface area (Å²) >= 11 is 0. The van der Waals surface area contributed by atoms with Crippen molar-refractivity contribution in [2.24, 2.45) is 0 Å². The van der Waals surface area contributed by atoms with E-state index in [9.17, 15) is 9.59 Å². The number of hydrogen-bond donors (Lipinski definition) is 0. The van der Waals surface area contributed by atoms with Gasteiger partial charge in [0.15, 0.2) is 0 Å². The van der Waals surface area contributed by atoms with Crippen LogP contribution in [0.2, 0.25) is 0 Å². The third kappa shape index (κ3) is 1.99. The Bertz CT molecular complexity index is 605. The maximum atomic E-state index is 12.1. The molecule has 2 aromatic rings. The molecule has 19 heavy (non-hydrogen) atoms. The molecular formula is C14H11N3O2. The first-order valence-electron chi connectivity index (χ1n) is 5.97. The van der Waals surface area contributed by atoms with Crippen molar-refractivity contribution in [3.8, 4) is 0 Å². The fourth-order valence-corrected chi connectivity index (χ4v) is 2.11. The summed E-state index contributed by atoms with van der Waals surface area (Å²) < 4.78 is 0. The van der Waals surface area contributed by atoms with Gasteiger partial charge in [-0.25, -0.2) is 0 Å². The van der Waals surface area contributed by atoms with Crippen molar-refractivity contribution < 1.29 is 9.59 Å². The van der Waals surface area contributed by atoms with E-state index in [1.807, 2.05) is 18.2 Å². The fraction of sp³-hybridized carbons (Fsp3) is 0.143. The van der Waals surface area contributed by atoms with E-state index in [4.69, 9.17) is 0 Å². The topological polar surface area (TPSA) is 63.2 Å². The zero-order valence-electron chi connectivity index (χ0n) is 10.1. The lowest BCUT2D eigenvalue weighted by Crippen LogP contribution is -2.31. The molecule has 2 amide bonds. The van der Waals surface area contributed by atoms with Crippen molar-refractivity contribution in [1.82, 2.24) is 14.9 Å². The zero-order chi connectivity index (χ0) is 13.2. The first-order valence-corrected chi connectivity index (χ1v) is 5.97. The summed E-state index contributed by atoms with van der Waals surface area (Å²) in [4.78, 5) is 33.5. The number of imide groups is 1. The van der Waals surface area contributed by atoms with Crippen LogP contribution in [0, 0.1) is 0 Å². The third-order valence-corrected chi connectivity index (χ3v) is 3.09. The number of aromatic nitrogens is 2. The van der Waals surface area contributed by atoms with Crippen molar-refractivity contribution in [2.45, 2.75) is 6.42 Å². The Hall–Kier alpha value is -2.56. The number of rotatable bonds is 3.